The van der Waals surface area contributed by atoms with Crippen molar-refractivity contribution in [3.8, 4) is 11.5 Å². The molecule has 0 saturated heterocycles. The minimum atomic E-state index is -0.703. The van der Waals surface area contributed by atoms with E-state index in [9.17, 15) is 9.59 Å². The molecule has 1 fully saturated rings. The van der Waals surface area contributed by atoms with Crippen LogP contribution in [0.3, 0.4) is 0 Å². The van der Waals surface area contributed by atoms with Crippen LogP contribution in [0.15, 0.2) is 18.2 Å². The van der Waals surface area contributed by atoms with Gasteiger partial charge < -0.3 is 24.8 Å². The third-order valence-electron chi connectivity index (χ3n) is 4.52. The van der Waals surface area contributed by atoms with Crippen molar-refractivity contribution >= 4 is 17.7 Å². The number of rotatable bonds is 8. The Kier molecular flexibility index (Phi) is 7.76. The van der Waals surface area contributed by atoms with Crippen molar-refractivity contribution < 1.29 is 23.8 Å². The zero-order valence-corrected chi connectivity index (χ0v) is 16.5. The van der Waals surface area contributed by atoms with Gasteiger partial charge in [-0.2, -0.15) is 0 Å². The standard InChI is InChI=1S/C20H30N2O5/c1-5-26-20(24)22-18(13(2)3)19(23)21-14-10-11-16(25-4)17(12-14)27-15-8-6-7-9-15/h10-13,15,18H,5-9H2,1-4H3,(H,21,23)(H,22,24). The van der Waals surface area contributed by atoms with E-state index in [4.69, 9.17) is 14.2 Å². The summed E-state index contributed by atoms with van der Waals surface area (Å²) in [6, 6.07) is 4.57. The molecule has 0 aromatic heterocycles. The highest BCUT2D eigenvalue weighted by atomic mass is 16.5. The number of benzene rings is 1. The van der Waals surface area contributed by atoms with E-state index in [1.807, 2.05) is 13.8 Å². The summed E-state index contributed by atoms with van der Waals surface area (Å²) in [6.07, 6.45) is 3.96. The first-order chi connectivity index (χ1) is 12.9. The number of ether oxygens (including phenoxy) is 3. The lowest BCUT2D eigenvalue weighted by atomic mass is 10.0. The fourth-order valence-electron chi connectivity index (χ4n) is 3.09. The number of nitrogens with one attached hydrogen (secondary N) is 2. The second-order valence-corrected chi connectivity index (χ2v) is 6.97. The molecule has 150 valence electrons. The smallest absolute Gasteiger partial charge is 0.407 e. The molecule has 0 bridgehead atoms. The van der Waals surface area contributed by atoms with Crippen LogP contribution in [0.1, 0.15) is 46.5 Å². The largest absolute Gasteiger partial charge is 0.493 e. The second kappa shape index (κ2) is 10.0. The highest BCUT2D eigenvalue weighted by molar-refractivity contribution is 5.97. The van der Waals surface area contributed by atoms with E-state index in [1.54, 1.807) is 32.2 Å². The van der Waals surface area contributed by atoms with E-state index in [0.717, 1.165) is 12.8 Å². The molecule has 0 aliphatic heterocycles. The Hall–Kier alpha value is -2.44. The van der Waals surface area contributed by atoms with Crippen LogP contribution in [-0.4, -0.2) is 37.9 Å². The third kappa shape index (κ3) is 6.05. The van der Waals surface area contributed by atoms with Gasteiger partial charge in [-0.15, -0.1) is 0 Å². The Morgan fingerprint density at radius 2 is 1.89 bits per heavy atom. The van der Waals surface area contributed by atoms with Gasteiger partial charge in [-0.3, -0.25) is 4.79 Å². The number of methoxy groups -OCH3 is 1. The zero-order valence-electron chi connectivity index (χ0n) is 16.5. The monoisotopic (exact) mass is 378 g/mol. The minimum absolute atomic E-state index is 0.0955. The lowest BCUT2D eigenvalue weighted by molar-refractivity contribution is -0.119. The number of amides is 2. The van der Waals surface area contributed by atoms with Gasteiger partial charge >= 0.3 is 6.09 Å². The summed E-state index contributed by atoms with van der Waals surface area (Å²) in [4.78, 5) is 24.3. The van der Waals surface area contributed by atoms with Crippen molar-refractivity contribution in [1.29, 1.82) is 0 Å². The van der Waals surface area contributed by atoms with Crippen LogP contribution in [0.2, 0.25) is 0 Å². The lowest BCUT2D eigenvalue weighted by Crippen LogP contribution is -2.47. The molecule has 0 radical (unpaired) electrons. The average Bonchev–Trinajstić information content (AvgIpc) is 3.13. The van der Waals surface area contributed by atoms with Crippen LogP contribution in [0.25, 0.3) is 0 Å². The maximum atomic E-state index is 12.7. The van der Waals surface area contributed by atoms with Gasteiger partial charge in [-0.25, -0.2) is 4.79 Å². The Bertz CT molecular complexity index is 641. The molecule has 2 amide bonds. The van der Waals surface area contributed by atoms with Crippen molar-refractivity contribution in [2.45, 2.75) is 58.6 Å². The quantitative estimate of drug-likeness (QED) is 0.720. The number of carbonyl (C=O) groups is 2. The molecule has 7 nitrogen and oxygen atoms in total. The summed E-state index contributed by atoms with van der Waals surface area (Å²) in [7, 11) is 1.59. The summed E-state index contributed by atoms with van der Waals surface area (Å²) in [5, 5.41) is 5.45. The number of anilines is 1. The Morgan fingerprint density at radius 3 is 2.48 bits per heavy atom. The second-order valence-electron chi connectivity index (χ2n) is 6.97. The molecule has 1 saturated carbocycles. The molecule has 1 unspecified atom stereocenters. The van der Waals surface area contributed by atoms with E-state index in [2.05, 4.69) is 10.6 Å². The molecule has 1 atom stereocenters. The SMILES string of the molecule is CCOC(=O)NC(C(=O)Nc1ccc(OC)c(OC2CCCC2)c1)C(C)C. The molecule has 0 heterocycles. The molecular formula is C20H30N2O5. The number of alkyl carbamates (subject to hydrolysis) is 1. The van der Waals surface area contributed by atoms with Gasteiger partial charge in [0, 0.05) is 11.8 Å². The van der Waals surface area contributed by atoms with E-state index in [1.165, 1.54) is 12.8 Å². The predicted molar refractivity (Wildman–Crippen MR) is 103 cm³/mol. The van der Waals surface area contributed by atoms with Gasteiger partial charge in [0.2, 0.25) is 5.91 Å². The Labute approximate surface area is 160 Å². The highest BCUT2D eigenvalue weighted by Crippen LogP contribution is 2.34. The topological polar surface area (TPSA) is 85.9 Å². The van der Waals surface area contributed by atoms with Crippen LogP contribution in [0, 0.1) is 5.92 Å². The summed E-state index contributed by atoms with van der Waals surface area (Å²) in [6.45, 7) is 5.68. The minimum Gasteiger partial charge on any atom is -0.493 e. The summed E-state index contributed by atoms with van der Waals surface area (Å²) in [5.41, 5.74) is 0.588. The molecular weight excluding hydrogens is 348 g/mol. The van der Waals surface area contributed by atoms with Crippen LogP contribution in [-0.2, 0) is 9.53 Å². The third-order valence-corrected chi connectivity index (χ3v) is 4.52. The van der Waals surface area contributed by atoms with Gasteiger partial charge in [0.25, 0.3) is 0 Å². The molecule has 1 aromatic carbocycles. The van der Waals surface area contributed by atoms with Gasteiger partial charge in [0.05, 0.1) is 19.8 Å². The molecule has 2 rings (SSSR count). The van der Waals surface area contributed by atoms with E-state index < -0.39 is 12.1 Å². The van der Waals surface area contributed by atoms with Crippen LogP contribution in [0.4, 0.5) is 10.5 Å². The Balaban J connectivity index is 2.09. The van der Waals surface area contributed by atoms with Gasteiger partial charge in [-0.05, 0) is 50.7 Å². The van der Waals surface area contributed by atoms with Crippen LogP contribution in [0.5, 0.6) is 11.5 Å². The summed E-state index contributed by atoms with van der Waals surface area (Å²) < 4.78 is 16.3. The molecule has 1 aliphatic carbocycles. The molecule has 0 spiro atoms. The van der Waals surface area contributed by atoms with Crippen molar-refractivity contribution in [2.24, 2.45) is 5.92 Å². The van der Waals surface area contributed by atoms with Crippen LogP contribution < -0.4 is 20.1 Å². The zero-order chi connectivity index (χ0) is 19.8. The normalized spacial score (nSPS) is 15.3. The summed E-state index contributed by atoms with van der Waals surface area (Å²) >= 11 is 0. The fourth-order valence-corrected chi connectivity index (χ4v) is 3.09. The lowest BCUT2D eigenvalue weighted by Gasteiger charge is -2.22. The maximum Gasteiger partial charge on any atom is 0.407 e. The maximum absolute atomic E-state index is 12.7. The van der Waals surface area contributed by atoms with Crippen molar-refractivity contribution in [1.82, 2.24) is 5.32 Å². The summed E-state index contributed by atoms with van der Waals surface area (Å²) in [5.74, 6) is 0.837. The predicted octanol–water partition coefficient (Wildman–Crippen LogP) is 3.73. The fraction of sp³-hybridized carbons (Fsp3) is 0.600. The molecule has 1 aromatic rings. The first kappa shape index (κ1) is 20.9. The van der Waals surface area contributed by atoms with Crippen LogP contribution >= 0.6 is 0 Å². The van der Waals surface area contributed by atoms with Gasteiger partial charge in [0.1, 0.15) is 6.04 Å². The van der Waals surface area contributed by atoms with E-state index in [0.29, 0.717) is 17.2 Å². The van der Waals surface area contributed by atoms with Gasteiger partial charge in [0.15, 0.2) is 11.5 Å². The molecule has 27 heavy (non-hydrogen) atoms. The van der Waals surface area contributed by atoms with Crippen molar-refractivity contribution in [3.05, 3.63) is 18.2 Å². The first-order valence-corrected chi connectivity index (χ1v) is 9.53. The molecule has 2 N–H and O–H groups in total. The first-order valence-electron chi connectivity index (χ1n) is 9.53. The molecule has 7 heteroatoms. The van der Waals surface area contributed by atoms with E-state index >= 15 is 0 Å². The van der Waals surface area contributed by atoms with Crippen molar-refractivity contribution in [3.63, 3.8) is 0 Å². The van der Waals surface area contributed by atoms with Crippen molar-refractivity contribution in [2.75, 3.05) is 19.0 Å². The van der Waals surface area contributed by atoms with E-state index in [-0.39, 0.29) is 24.5 Å². The average molecular weight is 378 g/mol. The van der Waals surface area contributed by atoms with Gasteiger partial charge in [-0.1, -0.05) is 13.8 Å². The highest BCUT2D eigenvalue weighted by Gasteiger charge is 2.25. The molecule has 1 aliphatic rings. The Morgan fingerprint density at radius 1 is 1.19 bits per heavy atom. The number of hydrogen-bond donors (Lipinski definition) is 2. The number of carbonyl (C=O) groups excluding carboxylic acids is 2. The number of hydrogen-bond acceptors (Lipinski definition) is 5.